The quantitative estimate of drug-likeness (QED) is 0.420. The molecule has 2 heterocycles. The molecule has 0 spiro atoms. The van der Waals surface area contributed by atoms with Crippen molar-refractivity contribution in [3.05, 3.63) is 59.8 Å². The molecule has 0 saturated heterocycles. The minimum atomic E-state index is -0.0990. The summed E-state index contributed by atoms with van der Waals surface area (Å²) < 4.78 is 5.76. The summed E-state index contributed by atoms with van der Waals surface area (Å²) >= 11 is 1.23. The lowest BCUT2D eigenvalue weighted by atomic mass is 9.98. The fourth-order valence-corrected chi connectivity index (χ4v) is 3.83. The first-order valence-electron chi connectivity index (χ1n) is 9.45. The Morgan fingerprint density at radius 3 is 2.83 bits per heavy atom. The molecule has 1 amide bonds. The molecular formula is C22H22N4O2S. The number of aryl methyl sites for hydroxylation is 1. The van der Waals surface area contributed by atoms with Gasteiger partial charge in [0.05, 0.1) is 11.3 Å². The van der Waals surface area contributed by atoms with E-state index < -0.39 is 0 Å². The number of carbonyl (C=O) groups is 1. The average molecular weight is 407 g/mol. The van der Waals surface area contributed by atoms with Crippen LogP contribution in [0.15, 0.2) is 58.3 Å². The van der Waals surface area contributed by atoms with E-state index in [1.807, 2.05) is 55.6 Å². The number of thioether (sulfide) groups is 1. The standard InChI is InChI=1S/C22H22N4O2S/c1-13(2)15-9-6-7-14(3)20(15)24-19(27)12-29-22-26-25-21(28-22)17-11-23-18-10-5-4-8-16(17)18/h4-11,13,23H,12H2,1-3H3,(H,24,27). The number of aromatic amines is 1. The molecule has 6 nitrogen and oxygen atoms in total. The van der Waals surface area contributed by atoms with Crippen LogP contribution in [-0.4, -0.2) is 26.8 Å². The van der Waals surface area contributed by atoms with Crippen LogP contribution in [0.5, 0.6) is 0 Å². The predicted molar refractivity (Wildman–Crippen MR) is 116 cm³/mol. The summed E-state index contributed by atoms with van der Waals surface area (Å²) in [7, 11) is 0. The van der Waals surface area contributed by atoms with Crippen LogP contribution in [0.3, 0.4) is 0 Å². The molecule has 0 aliphatic heterocycles. The molecule has 0 fully saturated rings. The Labute approximate surface area is 173 Å². The van der Waals surface area contributed by atoms with Crippen molar-refractivity contribution >= 4 is 34.3 Å². The lowest BCUT2D eigenvalue weighted by molar-refractivity contribution is -0.113. The van der Waals surface area contributed by atoms with Gasteiger partial charge in [-0.1, -0.05) is 62.0 Å². The zero-order valence-electron chi connectivity index (χ0n) is 16.5. The number of H-pyrrole nitrogens is 1. The van der Waals surface area contributed by atoms with Gasteiger partial charge in [0.1, 0.15) is 0 Å². The number of nitrogens with zero attached hydrogens (tertiary/aromatic N) is 2. The number of benzene rings is 2. The molecule has 4 aromatic rings. The molecule has 4 rings (SSSR count). The fraction of sp³-hybridized carbons (Fsp3) is 0.227. The van der Waals surface area contributed by atoms with Gasteiger partial charge in [-0.05, 0) is 30.0 Å². The maximum Gasteiger partial charge on any atom is 0.277 e. The van der Waals surface area contributed by atoms with E-state index >= 15 is 0 Å². The number of carbonyl (C=O) groups excluding carboxylic acids is 1. The van der Waals surface area contributed by atoms with Gasteiger partial charge in [0.15, 0.2) is 0 Å². The summed E-state index contributed by atoms with van der Waals surface area (Å²) in [5.41, 5.74) is 4.93. The number of rotatable bonds is 6. The lowest BCUT2D eigenvalue weighted by Gasteiger charge is -2.16. The van der Waals surface area contributed by atoms with Crippen molar-refractivity contribution < 1.29 is 9.21 Å². The van der Waals surface area contributed by atoms with Crippen molar-refractivity contribution in [2.24, 2.45) is 0 Å². The summed E-state index contributed by atoms with van der Waals surface area (Å²) in [6, 6.07) is 14.0. The first-order valence-corrected chi connectivity index (χ1v) is 10.4. The molecule has 2 N–H and O–H groups in total. The zero-order valence-corrected chi connectivity index (χ0v) is 17.3. The lowest BCUT2D eigenvalue weighted by Crippen LogP contribution is -2.16. The molecule has 0 unspecified atom stereocenters. The second-order valence-electron chi connectivity index (χ2n) is 7.15. The zero-order chi connectivity index (χ0) is 20.4. The van der Waals surface area contributed by atoms with E-state index in [-0.39, 0.29) is 11.7 Å². The number of anilines is 1. The summed E-state index contributed by atoms with van der Waals surface area (Å²) in [6.07, 6.45) is 1.85. The molecule has 2 aromatic carbocycles. The summed E-state index contributed by atoms with van der Waals surface area (Å²) in [5, 5.41) is 12.6. The van der Waals surface area contributed by atoms with Crippen LogP contribution in [0, 0.1) is 6.92 Å². The Morgan fingerprint density at radius 1 is 1.17 bits per heavy atom. The Balaban J connectivity index is 1.44. The van der Waals surface area contributed by atoms with E-state index in [2.05, 4.69) is 34.3 Å². The van der Waals surface area contributed by atoms with Crippen LogP contribution in [0.2, 0.25) is 0 Å². The number of para-hydroxylation sites is 2. The van der Waals surface area contributed by atoms with E-state index in [0.29, 0.717) is 17.0 Å². The smallest absolute Gasteiger partial charge is 0.277 e. The van der Waals surface area contributed by atoms with E-state index in [1.165, 1.54) is 11.8 Å². The maximum absolute atomic E-state index is 12.5. The predicted octanol–water partition coefficient (Wildman–Crippen LogP) is 5.38. The first-order chi connectivity index (χ1) is 14.0. The van der Waals surface area contributed by atoms with E-state index in [9.17, 15) is 4.79 Å². The third kappa shape index (κ3) is 4.05. The Bertz CT molecular complexity index is 1160. The van der Waals surface area contributed by atoms with Crippen molar-refractivity contribution in [3.8, 4) is 11.5 Å². The fourth-order valence-electron chi connectivity index (χ4n) is 3.27. The molecule has 29 heavy (non-hydrogen) atoms. The third-order valence-electron chi connectivity index (χ3n) is 4.74. The van der Waals surface area contributed by atoms with Crippen molar-refractivity contribution in [3.63, 3.8) is 0 Å². The van der Waals surface area contributed by atoms with Crippen LogP contribution in [0.1, 0.15) is 30.9 Å². The van der Waals surface area contributed by atoms with Crippen molar-refractivity contribution in [2.75, 3.05) is 11.1 Å². The second kappa shape index (κ2) is 8.13. The molecule has 148 valence electrons. The maximum atomic E-state index is 12.5. The molecule has 0 atom stereocenters. The number of nitrogens with one attached hydrogen (secondary N) is 2. The molecule has 0 radical (unpaired) electrons. The number of hydrogen-bond acceptors (Lipinski definition) is 5. The van der Waals surface area contributed by atoms with Gasteiger partial charge < -0.3 is 14.7 Å². The molecule has 0 bridgehead atoms. The van der Waals surface area contributed by atoms with E-state index in [4.69, 9.17) is 4.42 Å². The Kier molecular flexibility index (Phi) is 5.40. The molecule has 0 aliphatic rings. The van der Waals surface area contributed by atoms with E-state index in [1.54, 1.807) is 0 Å². The minimum Gasteiger partial charge on any atom is -0.411 e. The van der Waals surface area contributed by atoms with Crippen molar-refractivity contribution in [2.45, 2.75) is 31.9 Å². The van der Waals surface area contributed by atoms with Crippen LogP contribution in [0.4, 0.5) is 5.69 Å². The highest BCUT2D eigenvalue weighted by Crippen LogP contribution is 2.30. The van der Waals surface area contributed by atoms with Gasteiger partial charge >= 0.3 is 0 Å². The Hall–Kier alpha value is -3.06. The van der Waals surface area contributed by atoms with Crippen LogP contribution in [0.25, 0.3) is 22.4 Å². The van der Waals surface area contributed by atoms with Crippen LogP contribution < -0.4 is 5.32 Å². The number of aromatic nitrogens is 3. The molecule has 0 saturated carbocycles. The SMILES string of the molecule is Cc1cccc(C(C)C)c1NC(=O)CSc1nnc(-c2c[nH]c3ccccc23)o1. The van der Waals surface area contributed by atoms with Gasteiger partial charge in [0.2, 0.25) is 5.91 Å². The van der Waals surface area contributed by atoms with Crippen LogP contribution in [-0.2, 0) is 4.79 Å². The number of hydrogen-bond donors (Lipinski definition) is 2. The highest BCUT2D eigenvalue weighted by molar-refractivity contribution is 7.99. The highest BCUT2D eigenvalue weighted by atomic mass is 32.2. The summed E-state index contributed by atoms with van der Waals surface area (Å²) in [5.74, 6) is 0.860. The first kappa shape index (κ1) is 19.3. The highest BCUT2D eigenvalue weighted by Gasteiger charge is 2.16. The molecule has 0 aliphatic carbocycles. The minimum absolute atomic E-state index is 0.0990. The van der Waals surface area contributed by atoms with Gasteiger partial charge in [-0.15, -0.1) is 10.2 Å². The van der Waals surface area contributed by atoms with Gasteiger partial charge in [-0.3, -0.25) is 4.79 Å². The van der Waals surface area contributed by atoms with Crippen LogP contribution >= 0.6 is 11.8 Å². The molecule has 2 aromatic heterocycles. The Morgan fingerprint density at radius 2 is 2.00 bits per heavy atom. The normalized spacial score (nSPS) is 11.3. The second-order valence-corrected chi connectivity index (χ2v) is 8.08. The topological polar surface area (TPSA) is 83.8 Å². The van der Waals surface area contributed by atoms with Gasteiger partial charge in [0, 0.05) is 22.8 Å². The van der Waals surface area contributed by atoms with E-state index in [0.717, 1.165) is 33.3 Å². The van der Waals surface area contributed by atoms with Gasteiger partial charge in [0.25, 0.3) is 11.1 Å². The van der Waals surface area contributed by atoms with Crippen molar-refractivity contribution in [1.29, 1.82) is 0 Å². The third-order valence-corrected chi connectivity index (χ3v) is 5.56. The van der Waals surface area contributed by atoms with Gasteiger partial charge in [-0.2, -0.15) is 0 Å². The van der Waals surface area contributed by atoms with Crippen molar-refractivity contribution in [1.82, 2.24) is 15.2 Å². The summed E-state index contributed by atoms with van der Waals surface area (Å²) in [4.78, 5) is 15.7. The average Bonchev–Trinajstić information content (AvgIpc) is 3.34. The monoisotopic (exact) mass is 406 g/mol. The molecule has 7 heteroatoms. The summed E-state index contributed by atoms with van der Waals surface area (Å²) in [6.45, 7) is 6.23. The number of amides is 1. The largest absolute Gasteiger partial charge is 0.411 e. The molecular weight excluding hydrogens is 384 g/mol. The number of fused-ring (bicyclic) bond motifs is 1. The van der Waals surface area contributed by atoms with Gasteiger partial charge in [-0.25, -0.2) is 0 Å².